The van der Waals surface area contributed by atoms with E-state index in [1.165, 1.54) is 6.07 Å². The molecular formula is C29H29F2N5O2. The third-order valence-electron chi connectivity index (χ3n) is 7.44. The molecule has 4 rings (SSSR count). The second-order valence-corrected chi connectivity index (χ2v) is 9.77. The molecule has 1 fully saturated rings. The fraction of sp³-hybridized carbons (Fsp3) is 0.379. The van der Waals surface area contributed by atoms with Crippen LogP contribution < -0.4 is 10.6 Å². The van der Waals surface area contributed by atoms with Crippen LogP contribution in [0.3, 0.4) is 0 Å². The Hall–Kier alpha value is -4.08. The summed E-state index contributed by atoms with van der Waals surface area (Å²) in [7, 11) is 0. The van der Waals surface area contributed by atoms with Crippen LogP contribution in [0.15, 0.2) is 53.7 Å². The summed E-state index contributed by atoms with van der Waals surface area (Å²) in [6.45, 7) is 12.0. The average molecular weight is 518 g/mol. The molecule has 196 valence electrons. The van der Waals surface area contributed by atoms with Gasteiger partial charge in [0.25, 0.3) is 5.54 Å². The number of nitriles is 1. The summed E-state index contributed by atoms with van der Waals surface area (Å²) in [5, 5.41) is 15.1. The van der Waals surface area contributed by atoms with E-state index in [0.717, 1.165) is 24.2 Å². The van der Waals surface area contributed by atoms with Crippen LogP contribution in [0.4, 0.5) is 8.78 Å². The molecule has 2 N–H and O–H groups in total. The molecule has 2 aliphatic rings. The van der Waals surface area contributed by atoms with E-state index in [2.05, 4.69) is 26.4 Å². The van der Waals surface area contributed by atoms with Crippen molar-refractivity contribution in [2.24, 2.45) is 0 Å². The summed E-state index contributed by atoms with van der Waals surface area (Å²) in [4.78, 5) is 31.4. The van der Waals surface area contributed by atoms with E-state index >= 15 is 0 Å². The molecule has 2 aromatic rings. The highest BCUT2D eigenvalue weighted by Gasteiger charge is 2.43. The van der Waals surface area contributed by atoms with E-state index in [9.17, 15) is 23.6 Å². The molecule has 0 aromatic heterocycles. The number of piperidine rings is 1. The predicted molar refractivity (Wildman–Crippen MR) is 137 cm³/mol. The normalized spacial score (nSPS) is 19.3. The van der Waals surface area contributed by atoms with Gasteiger partial charge in [0.05, 0.1) is 17.2 Å². The van der Waals surface area contributed by atoms with Gasteiger partial charge >= 0.3 is 0 Å². The first-order chi connectivity index (χ1) is 18.3. The molecule has 0 saturated carbocycles. The Bertz CT molecular complexity index is 1350. The van der Waals surface area contributed by atoms with Crippen LogP contribution in [0, 0.1) is 29.5 Å². The second-order valence-electron chi connectivity index (χ2n) is 9.77. The van der Waals surface area contributed by atoms with E-state index in [-0.39, 0.29) is 18.2 Å². The third-order valence-corrected chi connectivity index (χ3v) is 7.44. The number of likely N-dealkylation sites (tertiary alicyclic amines) is 1. The maximum absolute atomic E-state index is 13.9. The molecule has 0 aliphatic carbocycles. The fourth-order valence-electron chi connectivity index (χ4n) is 5.39. The number of amides is 2. The minimum absolute atomic E-state index is 0.0311. The van der Waals surface area contributed by atoms with Crippen LogP contribution in [-0.4, -0.2) is 42.9 Å². The molecule has 0 spiro atoms. The molecule has 1 saturated heterocycles. The summed E-state index contributed by atoms with van der Waals surface area (Å²) >= 11 is 0. The van der Waals surface area contributed by atoms with Crippen molar-refractivity contribution in [3.05, 3.63) is 93.5 Å². The van der Waals surface area contributed by atoms with Gasteiger partial charge in [-0.05, 0) is 49.7 Å². The van der Waals surface area contributed by atoms with Crippen molar-refractivity contribution in [1.29, 1.82) is 5.26 Å². The SMILES string of the molecule is [C-]#[N+]C1(c2ccccc2C#N)CCN(CCCNC(=O)C2=C(C)NC(=O)C[C@@H]2c2ccc(F)c(F)c2)CC1. The smallest absolute Gasteiger partial charge is 0.261 e. The quantitative estimate of drug-likeness (QED) is 0.427. The molecule has 9 heteroatoms. The fourth-order valence-corrected chi connectivity index (χ4v) is 5.39. The van der Waals surface area contributed by atoms with Gasteiger partial charge < -0.3 is 20.4 Å². The highest BCUT2D eigenvalue weighted by Crippen LogP contribution is 2.39. The maximum Gasteiger partial charge on any atom is 0.261 e. The summed E-state index contributed by atoms with van der Waals surface area (Å²) in [5.41, 5.74) is 1.76. The van der Waals surface area contributed by atoms with Crippen LogP contribution >= 0.6 is 0 Å². The lowest BCUT2D eigenvalue weighted by Crippen LogP contribution is -2.42. The lowest BCUT2D eigenvalue weighted by molar-refractivity contribution is -0.121. The van der Waals surface area contributed by atoms with E-state index in [1.807, 2.05) is 18.2 Å². The summed E-state index contributed by atoms with van der Waals surface area (Å²) in [6.07, 6.45) is 1.91. The number of halogens is 2. The molecular weight excluding hydrogens is 488 g/mol. The number of carbonyl (C=O) groups is 2. The summed E-state index contributed by atoms with van der Waals surface area (Å²) < 4.78 is 27.3. The molecule has 0 radical (unpaired) electrons. The number of benzene rings is 2. The Kier molecular flexibility index (Phi) is 8.19. The van der Waals surface area contributed by atoms with Crippen molar-refractivity contribution >= 4 is 11.8 Å². The Balaban J connectivity index is 1.33. The van der Waals surface area contributed by atoms with Crippen LogP contribution in [0.5, 0.6) is 0 Å². The highest BCUT2D eigenvalue weighted by molar-refractivity contribution is 5.99. The molecule has 1 atom stereocenters. The zero-order valence-electron chi connectivity index (χ0n) is 21.2. The van der Waals surface area contributed by atoms with Gasteiger partial charge in [0, 0.05) is 56.1 Å². The van der Waals surface area contributed by atoms with Crippen LogP contribution in [-0.2, 0) is 15.1 Å². The monoisotopic (exact) mass is 517 g/mol. The molecule has 0 bridgehead atoms. The summed E-state index contributed by atoms with van der Waals surface area (Å²) in [6, 6.07) is 12.9. The number of nitrogens with one attached hydrogen (secondary N) is 2. The Labute approximate surface area is 221 Å². The molecule has 2 aromatic carbocycles. The van der Waals surface area contributed by atoms with E-state index < -0.39 is 23.1 Å². The first kappa shape index (κ1) is 27.0. The highest BCUT2D eigenvalue weighted by atomic mass is 19.2. The summed E-state index contributed by atoms with van der Waals surface area (Å²) in [5.74, 6) is -3.31. The Morgan fingerprint density at radius 1 is 1.24 bits per heavy atom. The molecule has 0 unspecified atom stereocenters. The van der Waals surface area contributed by atoms with Crippen molar-refractivity contribution in [2.45, 2.75) is 44.1 Å². The van der Waals surface area contributed by atoms with Crippen LogP contribution in [0.1, 0.15) is 55.2 Å². The van der Waals surface area contributed by atoms with Crippen LogP contribution in [0.25, 0.3) is 4.85 Å². The standard InChI is InChI=1S/C29H29F2N5O2/c1-19-27(22(17-26(37)35-19)20-8-9-24(30)25(31)16-20)28(38)34-12-5-13-36-14-10-29(33-2,11-15-36)23-7-4-3-6-21(23)18-32/h3-4,6-9,16,22H,5,10-15,17H2,1H3,(H,34,38)(H,35,37)/t22-/m1/s1. The topological polar surface area (TPSA) is 89.6 Å². The first-order valence-electron chi connectivity index (χ1n) is 12.6. The van der Waals surface area contributed by atoms with Gasteiger partial charge in [-0.25, -0.2) is 15.4 Å². The Morgan fingerprint density at radius 3 is 2.66 bits per heavy atom. The number of rotatable bonds is 7. The number of allylic oxidation sites excluding steroid dienone is 1. The van der Waals surface area contributed by atoms with E-state index in [0.29, 0.717) is 61.3 Å². The van der Waals surface area contributed by atoms with Crippen molar-refractivity contribution in [1.82, 2.24) is 15.5 Å². The van der Waals surface area contributed by atoms with Gasteiger partial charge in [0.2, 0.25) is 11.8 Å². The third kappa shape index (κ3) is 5.58. The molecule has 2 amide bonds. The number of nitrogens with zero attached hydrogens (tertiary/aromatic N) is 3. The molecule has 7 nitrogen and oxygen atoms in total. The first-order valence-corrected chi connectivity index (χ1v) is 12.6. The minimum Gasteiger partial charge on any atom is -0.352 e. The predicted octanol–water partition coefficient (Wildman–Crippen LogP) is 4.13. The largest absolute Gasteiger partial charge is 0.352 e. The van der Waals surface area contributed by atoms with Crippen molar-refractivity contribution < 1.29 is 18.4 Å². The van der Waals surface area contributed by atoms with Crippen molar-refractivity contribution in [3.63, 3.8) is 0 Å². The number of carbonyl (C=O) groups excluding carboxylic acids is 2. The molecule has 2 aliphatic heterocycles. The number of hydrogen-bond acceptors (Lipinski definition) is 4. The van der Waals surface area contributed by atoms with Gasteiger partial charge in [-0.15, -0.1) is 0 Å². The maximum atomic E-state index is 13.9. The molecule has 38 heavy (non-hydrogen) atoms. The van der Waals surface area contributed by atoms with Gasteiger partial charge in [-0.2, -0.15) is 5.26 Å². The van der Waals surface area contributed by atoms with E-state index in [1.54, 1.807) is 13.0 Å². The van der Waals surface area contributed by atoms with Crippen LogP contribution in [0.2, 0.25) is 0 Å². The minimum atomic E-state index is -1.02. The van der Waals surface area contributed by atoms with Gasteiger partial charge in [0.1, 0.15) is 0 Å². The van der Waals surface area contributed by atoms with Gasteiger partial charge in [-0.3, -0.25) is 9.59 Å². The zero-order chi connectivity index (χ0) is 27.3. The molecule has 2 heterocycles. The van der Waals surface area contributed by atoms with Crippen molar-refractivity contribution in [3.8, 4) is 6.07 Å². The average Bonchev–Trinajstić information content (AvgIpc) is 2.92. The lowest BCUT2D eigenvalue weighted by Gasteiger charge is -2.34. The number of hydrogen-bond donors (Lipinski definition) is 2. The van der Waals surface area contributed by atoms with E-state index in [4.69, 9.17) is 6.57 Å². The second kappa shape index (κ2) is 11.5. The lowest BCUT2D eigenvalue weighted by atomic mass is 9.79. The van der Waals surface area contributed by atoms with Gasteiger partial charge in [-0.1, -0.05) is 18.2 Å². The Morgan fingerprint density at radius 2 is 1.97 bits per heavy atom. The van der Waals surface area contributed by atoms with Crippen molar-refractivity contribution in [2.75, 3.05) is 26.2 Å². The van der Waals surface area contributed by atoms with Gasteiger partial charge in [0.15, 0.2) is 11.6 Å². The zero-order valence-corrected chi connectivity index (χ0v) is 21.2.